The Kier molecular flexibility index (Phi) is 6.05. The lowest BCUT2D eigenvalue weighted by molar-refractivity contribution is -0.149. The van der Waals surface area contributed by atoms with Gasteiger partial charge >= 0.3 is 5.97 Å². The Hall–Kier alpha value is -3.57. The Morgan fingerprint density at radius 2 is 1.77 bits per heavy atom. The molecule has 0 fully saturated rings. The van der Waals surface area contributed by atoms with Crippen LogP contribution >= 0.6 is 11.6 Å². The number of anilines is 1. The van der Waals surface area contributed by atoms with Gasteiger partial charge in [-0.25, -0.2) is 4.79 Å². The summed E-state index contributed by atoms with van der Waals surface area (Å²) in [4.78, 5) is 25.3. The van der Waals surface area contributed by atoms with Crippen LogP contribution in [0.25, 0.3) is 17.2 Å². The molecule has 3 aromatic carbocycles. The number of halogens is 1. The topological polar surface area (TPSA) is 64.6 Å². The van der Waals surface area contributed by atoms with Crippen molar-refractivity contribution in [3.63, 3.8) is 0 Å². The van der Waals surface area contributed by atoms with E-state index in [9.17, 15) is 9.59 Å². The number of amides is 1. The molecule has 0 spiro atoms. The zero-order valence-corrected chi connectivity index (χ0v) is 17.6. The first-order chi connectivity index (χ1) is 15.0. The summed E-state index contributed by atoms with van der Waals surface area (Å²) in [6.45, 7) is 1.60. The number of rotatable bonds is 5. The van der Waals surface area contributed by atoms with Crippen molar-refractivity contribution >= 4 is 35.2 Å². The molecule has 0 bridgehead atoms. The van der Waals surface area contributed by atoms with Crippen molar-refractivity contribution in [2.75, 3.05) is 11.9 Å². The van der Waals surface area contributed by atoms with Crippen LogP contribution in [0.2, 0.25) is 5.02 Å². The highest BCUT2D eigenvalue weighted by Crippen LogP contribution is 2.30. The van der Waals surface area contributed by atoms with Gasteiger partial charge in [-0.1, -0.05) is 60.1 Å². The van der Waals surface area contributed by atoms with E-state index in [2.05, 4.69) is 5.32 Å². The molecule has 0 aliphatic carbocycles. The summed E-state index contributed by atoms with van der Waals surface area (Å²) >= 11 is 6.01. The van der Waals surface area contributed by atoms with Gasteiger partial charge in [-0.05, 0) is 42.8 Å². The Bertz CT molecular complexity index is 1160. The Morgan fingerprint density at radius 3 is 2.58 bits per heavy atom. The maximum absolute atomic E-state index is 12.7. The van der Waals surface area contributed by atoms with Crippen LogP contribution in [-0.2, 0) is 14.3 Å². The highest BCUT2D eigenvalue weighted by atomic mass is 35.5. The van der Waals surface area contributed by atoms with Crippen molar-refractivity contribution in [2.24, 2.45) is 0 Å². The fraction of sp³-hybridized carbons (Fsp3) is 0.120. The van der Waals surface area contributed by atoms with Crippen LogP contribution in [0.5, 0.6) is 5.75 Å². The Balaban J connectivity index is 1.45. The lowest BCUT2D eigenvalue weighted by atomic mass is 10.0. The molecule has 0 saturated carbocycles. The average Bonchev–Trinajstić information content (AvgIpc) is 2.79. The highest BCUT2D eigenvalue weighted by Gasteiger charge is 2.24. The van der Waals surface area contributed by atoms with Crippen LogP contribution in [0.3, 0.4) is 0 Å². The molecule has 1 amide bonds. The minimum Gasteiger partial charge on any atom is -0.488 e. The number of carbonyl (C=O) groups is 2. The highest BCUT2D eigenvalue weighted by molar-refractivity contribution is 6.30. The number of esters is 1. The number of hydrogen-bond donors (Lipinski definition) is 1. The fourth-order valence-electron chi connectivity index (χ4n) is 3.25. The standard InChI is InChI=1S/C25H20ClNO4/c1-16(31-25(29)19-13-18-14-20(26)11-12-23(18)30-15-19)24(28)27-22-10-6-5-9-21(22)17-7-3-2-4-8-17/h2-14,16H,15H2,1H3,(H,27,28). The van der Waals surface area contributed by atoms with Crippen LogP contribution in [0.15, 0.2) is 78.4 Å². The number of carbonyl (C=O) groups excluding carboxylic acids is 2. The number of nitrogens with one attached hydrogen (secondary N) is 1. The molecule has 1 unspecified atom stereocenters. The molecular formula is C25H20ClNO4. The minimum atomic E-state index is -0.988. The molecule has 0 aromatic heterocycles. The largest absolute Gasteiger partial charge is 0.488 e. The summed E-state index contributed by atoms with van der Waals surface area (Å²) < 4.78 is 11.0. The molecule has 1 aliphatic rings. The zero-order valence-electron chi connectivity index (χ0n) is 16.8. The van der Waals surface area contributed by atoms with Crippen LogP contribution in [-0.4, -0.2) is 24.6 Å². The summed E-state index contributed by atoms with van der Waals surface area (Å²) in [6, 6.07) is 22.4. The van der Waals surface area contributed by atoms with Gasteiger partial charge in [0.2, 0.25) is 0 Å². The van der Waals surface area contributed by atoms with Crippen LogP contribution < -0.4 is 10.1 Å². The van der Waals surface area contributed by atoms with Gasteiger partial charge in [-0.3, -0.25) is 4.79 Å². The fourth-order valence-corrected chi connectivity index (χ4v) is 3.43. The summed E-state index contributed by atoms with van der Waals surface area (Å²) in [5.74, 6) is -0.383. The van der Waals surface area contributed by atoms with E-state index < -0.39 is 18.0 Å². The lowest BCUT2D eigenvalue weighted by Crippen LogP contribution is -2.31. The first-order valence-electron chi connectivity index (χ1n) is 9.80. The molecule has 31 heavy (non-hydrogen) atoms. The van der Waals surface area contributed by atoms with E-state index >= 15 is 0 Å². The van der Waals surface area contributed by atoms with Crippen molar-refractivity contribution in [1.29, 1.82) is 0 Å². The molecule has 156 valence electrons. The van der Waals surface area contributed by atoms with Crippen molar-refractivity contribution < 1.29 is 19.1 Å². The van der Waals surface area contributed by atoms with Gasteiger partial charge in [-0.2, -0.15) is 0 Å². The molecule has 6 heteroatoms. The van der Waals surface area contributed by atoms with E-state index in [-0.39, 0.29) is 6.61 Å². The van der Waals surface area contributed by atoms with Crippen LogP contribution in [0, 0.1) is 0 Å². The minimum absolute atomic E-state index is 0.0681. The van der Waals surface area contributed by atoms with Gasteiger partial charge < -0.3 is 14.8 Å². The van der Waals surface area contributed by atoms with E-state index in [0.717, 1.165) is 11.1 Å². The second-order valence-corrected chi connectivity index (χ2v) is 7.53. The normalized spacial score (nSPS) is 13.3. The van der Waals surface area contributed by atoms with Gasteiger partial charge in [0.1, 0.15) is 12.4 Å². The quantitative estimate of drug-likeness (QED) is 0.550. The monoisotopic (exact) mass is 433 g/mol. The Morgan fingerprint density at radius 1 is 1.03 bits per heavy atom. The predicted octanol–water partition coefficient (Wildman–Crippen LogP) is 5.35. The van der Waals surface area contributed by atoms with E-state index in [1.54, 1.807) is 24.3 Å². The molecular weight excluding hydrogens is 414 g/mol. The SMILES string of the molecule is CC(OC(=O)C1=Cc2cc(Cl)ccc2OC1)C(=O)Nc1ccccc1-c1ccccc1. The third-order valence-corrected chi connectivity index (χ3v) is 5.10. The van der Waals surface area contributed by atoms with Gasteiger partial charge in [0, 0.05) is 21.8 Å². The molecule has 4 rings (SSSR count). The molecule has 5 nitrogen and oxygen atoms in total. The molecule has 1 N–H and O–H groups in total. The molecule has 3 aromatic rings. The van der Waals surface area contributed by atoms with Crippen molar-refractivity contribution in [2.45, 2.75) is 13.0 Å². The maximum atomic E-state index is 12.7. The summed E-state index contributed by atoms with van der Waals surface area (Å²) in [5.41, 5.74) is 3.51. The third kappa shape index (κ3) is 4.78. The van der Waals surface area contributed by atoms with Gasteiger partial charge in [0.05, 0.1) is 5.57 Å². The van der Waals surface area contributed by atoms with Gasteiger partial charge in [0.25, 0.3) is 5.91 Å². The van der Waals surface area contributed by atoms with E-state index in [1.807, 2.05) is 54.6 Å². The van der Waals surface area contributed by atoms with E-state index in [1.165, 1.54) is 6.92 Å². The zero-order chi connectivity index (χ0) is 21.8. The summed E-state index contributed by atoms with van der Waals surface area (Å²) in [5, 5.41) is 3.40. The van der Waals surface area contributed by atoms with Crippen molar-refractivity contribution in [3.05, 3.63) is 89.0 Å². The van der Waals surface area contributed by atoms with Crippen LogP contribution in [0.1, 0.15) is 12.5 Å². The number of para-hydroxylation sites is 1. The number of fused-ring (bicyclic) bond motifs is 1. The maximum Gasteiger partial charge on any atom is 0.338 e. The molecule has 1 aliphatic heterocycles. The second kappa shape index (κ2) is 9.06. The first-order valence-corrected chi connectivity index (χ1v) is 10.2. The smallest absolute Gasteiger partial charge is 0.338 e. The average molecular weight is 434 g/mol. The molecule has 0 radical (unpaired) electrons. The molecule has 1 heterocycles. The predicted molar refractivity (Wildman–Crippen MR) is 121 cm³/mol. The first kappa shape index (κ1) is 20.7. The van der Waals surface area contributed by atoms with Gasteiger partial charge in [-0.15, -0.1) is 0 Å². The second-order valence-electron chi connectivity index (χ2n) is 7.09. The van der Waals surface area contributed by atoms with Crippen LogP contribution in [0.4, 0.5) is 5.69 Å². The molecule has 0 saturated heterocycles. The van der Waals surface area contributed by atoms with E-state index in [4.69, 9.17) is 21.1 Å². The van der Waals surface area contributed by atoms with Crippen molar-refractivity contribution in [3.8, 4) is 16.9 Å². The number of hydrogen-bond acceptors (Lipinski definition) is 4. The summed E-state index contributed by atoms with van der Waals surface area (Å²) in [6.07, 6.45) is 0.681. The van der Waals surface area contributed by atoms with E-state index in [0.29, 0.717) is 27.6 Å². The summed E-state index contributed by atoms with van der Waals surface area (Å²) in [7, 11) is 0. The third-order valence-electron chi connectivity index (χ3n) is 4.87. The van der Waals surface area contributed by atoms with Crippen molar-refractivity contribution in [1.82, 2.24) is 0 Å². The lowest BCUT2D eigenvalue weighted by Gasteiger charge is -2.19. The Labute approximate surface area is 185 Å². The van der Waals surface area contributed by atoms with Gasteiger partial charge in [0.15, 0.2) is 6.10 Å². The number of benzene rings is 3. The molecule has 1 atom stereocenters. The number of ether oxygens (including phenoxy) is 2.